The monoisotopic (exact) mass is 357 g/mol. The molecule has 1 aliphatic rings. The number of carboxylic acids is 1. The molecule has 0 amide bonds. The fourth-order valence-electron chi connectivity index (χ4n) is 2.93. The van der Waals surface area contributed by atoms with Gasteiger partial charge in [-0.2, -0.15) is 0 Å². The fraction of sp³-hybridized carbons (Fsp3) is 0.278. The Kier molecular flexibility index (Phi) is 5.04. The molecular formula is C18H19N3O5. The molecule has 1 aromatic heterocycles. The minimum absolute atomic E-state index is 0.0433. The average Bonchev–Trinajstić information content (AvgIpc) is 3.25. The van der Waals surface area contributed by atoms with E-state index in [1.54, 1.807) is 30.3 Å². The van der Waals surface area contributed by atoms with Crippen LogP contribution in [0.3, 0.4) is 0 Å². The quantitative estimate of drug-likeness (QED) is 0.311. The van der Waals surface area contributed by atoms with E-state index in [1.807, 2.05) is 4.90 Å². The van der Waals surface area contributed by atoms with Crippen molar-refractivity contribution in [1.82, 2.24) is 4.90 Å². The molecule has 8 nitrogen and oxygen atoms in total. The van der Waals surface area contributed by atoms with Gasteiger partial charge in [0, 0.05) is 5.56 Å². The van der Waals surface area contributed by atoms with Crippen LogP contribution in [-0.4, -0.2) is 40.4 Å². The summed E-state index contributed by atoms with van der Waals surface area (Å²) in [6.07, 6.45) is 1.43. The summed E-state index contributed by atoms with van der Waals surface area (Å²) >= 11 is 0. The van der Waals surface area contributed by atoms with Gasteiger partial charge in [0.15, 0.2) is 0 Å². The van der Waals surface area contributed by atoms with Gasteiger partial charge < -0.3 is 20.0 Å². The van der Waals surface area contributed by atoms with Gasteiger partial charge in [-0.05, 0) is 55.8 Å². The Morgan fingerprint density at radius 3 is 2.65 bits per heavy atom. The molecule has 3 rings (SSSR count). The van der Waals surface area contributed by atoms with Gasteiger partial charge in [-0.15, -0.1) is 0 Å². The number of amidine groups is 1. The minimum Gasteiger partial charge on any atom is -0.480 e. The van der Waals surface area contributed by atoms with Crippen LogP contribution in [0.2, 0.25) is 0 Å². The smallest absolute Gasteiger partial charge is 0.379 e. The zero-order valence-electron chi connectivity index (χ0n) is 14.0. The summed E-state index contributed by atoms with van der Waals surface area (Å²) in [5.74, 6) is -0.701. The summed E-state index contributed by atoms with van der Waals surface area (Å²) in [5.41, 5.74) is 5.91. The number of carbonyl (C=O) groups is 2. The summed E-state index contributed by atoms with van der Waals surface area (Å²) in [6.45, 7) is 1.01. The predicted molar refractivity (Wildman–Crippen MR) is 92.2 cm³/mol. The summed E-state index contributed by atoms with van der Waals surface area (Å²) in [4.78, 5) is 25.2. The molecule has 1 aromatic carbocycles. The summed E-state index contributed by atoms with van der Waals surface area (Å²) in [7, 11) is 0. The molecule has 1 fully saturated rings. The topological polar surface area (TPSA) is 130 Å². The van der Waals surface area contributed by atoms with E-state index in [-0.39, 0.29) is 11.6 Å². The van der Waals surface area contributed by atoms with Gasteiger partial charge in [0.1, 0.15) is 23.4 Å². The van der Waals surface area contributed by atoms with Gasteiger partial charge in [-0.3, -0.25) is 15.1 Å². The van der Waals surface area contributed by atoms with E-state index < -0.39 is 18.0 Å². The van der Waals surface area contributed by atoms with Gasteiger partial charge in [0.05, 0.1) is 6.54 Å². The molecule has 26 heavy (non-hydrogen) atoms. The van der Waals surface area contributed by atoms with Crippen LogP contribution < -0.4 is 10.5 Å². The first-order valence-corrected chi connectivity index (χ1v) is 8.16. The largest absolute Gasteiger partial charge is 0.480 e. The molecule has 1 atom stereocenters. The molecule has 4 N–H and O–H groups in total. The maximum Gasteiger partial charge on any atom is 0.379 e. The number of aliphatic carboxylic acids is 1. The molecule has 0 radical (unpaired) electrons. The maximum atomic E-state index is 12.2. The Balaban J connectivity index is 1.62. The number of nitrogens with one attached hydrogen (secondary N) is 1. The number of carboxylic acid groups (broad SMARTS) is 1. The van der Waals surface area contributed by atoms with Crippen LogP contribution in [0.15, 0.2) is 40.8 Å². The Bertz CT molecular complexity index is 828. The minimum atomic E-state index is -0.845. The van der Waals surface area contributed by atoms with Crippen LogP contribution in [0.25, 0.3) is 0 Å². The molecule has 8 heteroatoms. The summed E-state index contributed by atoms with van der Waals surface area (Å²) in [6, 6.07) is 8.88. The summed E-state index contributed by atoms with van der Waals surface area (Å²) in [5, 5.41) is 16.5. The van der Waals surface area contributed by atoms with Crippen molar-refractivity contribution in [3.63, 3.8) is 0 Å². The maximum absolute atomic E-state index is 12.2. The number of rotatable bonds is 6. The van der Waals surface area contributed by atoms with Gasteiger partial charge in [0.25, 0.3) is 0 Å². The number of hydrogen-bond acceptors (Lipinski definition) is 6. The fourth-order valence-corrected chi connectivity index (χ4v) is 2.93. The average molecular weight is 357 g/mol. The lowest BCUT2D eigenvalue weighted by molar-refractivity contribution is -0.142. The zero-order valence-corrected chi connectivity index (χ0v) is 14.0. The van der Waals surface area contributed by atoms with Crippen LogP contribution in [0.5, 0.6) is 5.75 Å². The highest BCUT2D eigenvalue weighted by Gasteiger charge is 2.31. The van der Waals surface area contributed by atoms with E-state index in [4.69, 9.17) is 20.3 Å². The highest BCUT2D eigenvalue weighted by molar-refractivity contribution is 5.95. The molecule has 1 unspecified atom stereocenters. The first kappa shape index (κ1) is 17.7. The molecular weight excluding hydrogens is 338 g/mol. The molecule has 0 bridgehead atoms. The second kappa shape index (κ2) is 7.40. The number of furan rings is 1. The van der Waals surface area contributed by atoms with Crippen molar-refractivity contribution in [3.05, 3.63) is 53.5 Å². The van der Waals surface area contributed by atoms with Crippen molar-refractivity contribution in [2.45, 2.75) is 25.4 Å². The number of benzene rings is 1. The van der Waals surface area contributed by atoms with Gasteiger partial charge in [0.2, 0.25) is 5.76 Å². The van der Waals surface area contributed by atoms with E-state index in [2.05, 4.69) is 0 Å². The van der Waals surface area contributed by atoms with Crippen LogP contribution in [0.4, 0.5) is 0 Å². The molecule has 136 valence electrons. The van der Waals surface area contributed by atoms with Crippen molar-refractivity contribution >= 4 is 17.8 Å². The molecule has 2 heterocycles. The number of hydrogen-bond donors (Lipinski definition) is 3. The number of carbonyl (C=O) groups excluding carboxylic acids is 1. The van der Waals surface area contributed by atoms with Crippen LogP contribution in [0, 0.1) is 5.41 Å². The Hall–Kier alpha value is -3.13. The predicted octanol–water partition coefficient (Wildman–Crippen LogP) is 1.83. The number of esters is 1. The van der Waals surface area contributed by atoms with E-state index in [0.717, 1.165) is 6.42 Å². The molecule has 0 aliphatic carbocycles. The number of nitrogens with two attached hydrogens (primary N) is 1. The lowest BCUT2D eigenvalue weighted by atomic mass is 10.2. The molecule has 0 spiro atoms. The normalized spacial score (nSPS) is 17.2. The third kappa shape index (κ3) is 3.92. The van der Waals surface area contributed by atoms with Crippen LogP contribution in [0.1, 0.15) is 34.7 Å². The van der Waals surface area contributed by atoms with Crippen LogP contribution >= 0.6 is 0 Å². The van der Waals surface area contributed by atoms with Crippen molar-refractivity contribution in [3.8, 4) is 5.75 Å². The van der Waals surface area contributed by atoms with Gasteiger partial charge >= 0.3 is 11.9 Å². The number of nitrogen functional groups attached to an aromatic ring is 1. The second-order valence-electron chi connectivity index (χ2n) is 6.06. The Morgan fingerprint density at radius 1 is 1.27 bits per heavy atom. The first-order valence-electron chi connectivity index (χ1n) is 8.16. The first-order chi connectivity index (χ1) is 12.4. The van der Waals surface area contributed by atoms with Gasteiger partial charge in [-0.1, -0.05) is 0 Å². The standard InChI is InChI=1S/C18H19N3O5/c19-16(20)11-3-5-12(6-4-11)26-18(24)15-8-7-13(25-15)10-21-9-1-2-14(21)17(22)23/h3-8,14H,1-2,9-10H2,(H3,19,20)(H,22,23). The number of likely N-dealkylation sites (tertiary alicyclic amines) is 1. The Labute approximate surface area is 149 Å². The molecule has 1 saturated heterocycles. The van der Waals surface area contributed by atoms with Crippen molar-refractivity contribution in [2.75, 3.05) is 6.54 Å². The van der Waals surface area contributed by atoms with E-state index in [1.165, 1.54) is 6.07 Å². The SMILES string of the molecule is N=C(N)c1ccc(OC(=O)c2ccc(CN3CCCC3C(=O)O)o2)cc1. The highest BCUT2D eigenvalue weighted by atomic mass is 16.5. The number of ether oxygens (including phenoxy) is 1. The van der Waals surface area contributed by atoms with Crippen LogP contribution in [-0.2, 0) is 11.3 Å². The molecule has 0 saturated carbocycles. The van der Waals surface area contributed by atoms with Gasteiger partial charge in [-0.25, -0.2) is 4.79 Å². The van der Waals surface area contributed by atoms with E-state index >= 15 is 0 Å². The number of nitrogens with zero attached hydrogens (tertiary/aromatic N) is 1. The molecule has 1 aliphatic heterocycles. The van der Waals surface area contributed by atoms with Crippen molar-refractivity contribution < 1.29 is 23.8 Å². The third-order valence-electron chi connectivity index (χ3n) is 4.25. The summed E-state index contributed by atoms with van der Waals surface area (Å²) < 4.78 is 10.7. The van der Waals surface area contributed by atoms with Crippen molar-refractivity contribution in [1.29, 1.82) is 5.41 Å². The Morgan fingerprint density at radius 2 is 2.00 bits per heavy atom. The van der Waals surface area contributed by atoms with Crippen molar-refractivity contribution in [2.24, 2.45) is 5.73 Å². The highest BCUT2D eigenvalue weighted by Crippen LogP contribution is 2.22. The second-order valence-corrected chi connectivity index (χ2v) is 6.06. The lowest BCUT2D eigenvalue weighted by Gasteiger charge is -2.19. The zero-order chi connectivity index (χ0) is 18.7. The van der Waals surface area contributed by atoms with E-state index in [9.17, 15) is 14.7 Å². The lowest BCUT2D eigenvalue weighted by Crippen LogP contribution is -2.35. The third-order valence-corrected chi connectivity index (χ3v) is 4.25. The molecule has 2 aromatic rings. The van der Waals surface area contributed by atoms with E-state index in [0.29, 0.717) is 36.6 Å².